The molecule has 4 rings (SSSR count). The molecule has 1 aliphatic carbocycles. The zero-order chi connectivity index (χ0) is 25.0. The summed E-state index contributed by atoms with van der Waals surface area (Å²) in [5.74, 6) is -0.882. The van der Waals surface area contributed by atoms with Gasteiger partial charge in [0.25, 0.3) is 5.91 Å². The Kier molecular flexibility index (Phi) is 7.88. The number of carbonyl (C=O) groups is 2. The van der Waals surface area contributed by atoms with E-state index in [1.165, 1.54) is 22.0 Å². The molecule has 8 nitrogen and oxygen atoms in total. The number of ether oxygens (including phenoxy) is 1. The number of aryl methyl sites for hydroxylation is 1. The van der Waals surface area contributed by atoms with E-state index in [4.69, 9.17) is 4.74 Å². The fraction of sp³-hybridized carbons (Fsp3) is 0.462. The zero-order valence-corrected chi connectivity index (χ0v) is 21.0. The van der Waals surface area contributed by atoms with Crippen molar-refractivity contribution < 1.29 is 22.7 Å². The van der Waals surface area contributed by atoms with Gasteiger partial charge in [-0.15, -0.1) is 0 Å². The molecule has 0 saturated carbocycles. The lowest BCUT2D eigenvalue weighted by Crippen LogP contribution is -2.50. The highest BCUT2D eigenvalue weighted by molar-refractivity contribution is 7.89. The standard InChI is InChI=1S/C26H33N3O5S/c1-18(2)24(26(31)27-23-12-6-8-19-7-3-4-11-22(19)23)28-25(30)20-9-5-10-21(17-20)35(32,33)29-13-15-34-16-14-29/h3-5,7,9-11,17-18,23-24H,6,8,12-16H2,1-2H3,(H,27,31)(H,28,30)/t23-,24-/m0/s1. The molecule has 1 fully saturated rings. The van der Waals surface area contributed by atoms with Crippen LogP contribution in [0.3, 0.4) is 0 Å². The van der Waals surface area contributed by atoms with Crippen LogP contribution in [-0.2, 0) is 26.0 Å². The average molecular weight is 500 g/mol. The van der Waals surface area contributed by atoms with Gasteiger partial charge >= 0.3 is 0 Å². The largest absolute Gasteiger partial charge is 0.379 e. The highest BCUT2D eigenvalue weighted by Crippen LogP contribution is 2.29. The molecule has 0 aromatic heterocycles. The Morgan fingerprint density at radius 1 is 1.06 bits per heavy atom. The molecule has 2 amide bonds. The normalized spacial score (nSPS) is 19.6. The number of morpholine rings is 1. The number of hydrogen-bond acceptors (Lipinski definition) is 5. The summed E-state index contributed by atoms with van der Waals surface area (Å²) < 4.78 is 32.6. The van der Waals surface area contributed by atoms with Gasteiger partial charge in [0.1, 0.15) is 6.04 Å². The average Bonchev–Trinajstić information content (AvgIpc) is 2.87. The Labute approximate surface area is 207 Å². The minimum Gasteiger partial charge on any atom is -0.379 e. The van der Waals surface area contributed by atoms with Crippen LogP contribution in [0, 0.1) is 5.92 Å². The molecule has 2 aliphatic rings. The number of amides is 2. The Balaban J connectivity index is 1.48. The number of benzene rings is 2. The third kappa shape index (κ3) is 5.74. The van der Waals surface area contributed by atoms with Crippen molar-refractivity contribution in [2.24, 2.45) is 5.92 Å². The van der Waals surface area contributed by atoms with Gasteiger partial charge in [-0.25, -0.2) is 8.42 Å². The first-order valence-corrected chi connectivity index (χ1v) is 13.6. The summed E-state index contributed by atoms with van der Waals surface area (Å²) >= 11 is 0. The smallest absolute Gasteiger partial charge is 0.251 e. The summed E-state index contributed by atoms with van der Waals surface area (Å²) in [6.07, 6.45) is 2.84. The number of fused-ring (bicyclic) bond motifs is 1. The topological polar surface area (TPSA) is 105 Å². The molecule has 2 aromatic rings. The molecule has 35 heavy (non-hydrogen) atoms. The molecule has 0 bridgehead atoms. The molecular formula is C26H33N3O5S. The Morgan fingerprint density at radius 2 is 1.80 bits per heavy atom. The first kappa shape index (κ1) is 25.3. The number of rotatable bonds is 7. The van der Waals surface area contributed by atoms with Crippen LogP contribution in [0.15, 0.2) is 53.4 Å². The summed E-state index contributed by atoms with van der Waals surface area (Å²) in [6.45, 7) is 4.99. The monoisotopic (exact) mass is 499 g/mol. The minimum atomic E-state index is -3.73. The molecule has 1 aliphatic heterocycles. The Bertz CT molecular complexity index is 1180. The van der Waals surface area contributed by atoms with Crippen molar-refractivity contribution >= 4 is 21.8 Å². The maximum absolute atomic E-state index is 13.2. The highest BCUT2D eigenvalue weighted by Gasteiger charge is 2.30. The predicted octanol–water partition coefficient (Wildman–Crippen LogP) is 2.66. The second kappa shape index (κ2) is 10.9. The maximum Gasteiger partial charge on any atom is 0.251 e. The van der Waals surface area contributed by atoms with E-state index >= 15 is 0 Å². The Hall–Kier alpha value is -2.75. The van der Waals surface area contributed by atoms with Crippen molar-refractivity contribution in [1.29, 1.82) is 0 Å². The van der Waals surface area contributed by atoms with Gasteiger partial charge in [-0.2, -0.15) is 4.31 Å². The first-order chi connectivity index (χ1) is 16.8. The maximum atomic E-state index is 13.2. The fourth-order valence-electron chi connectivity index (χ4n) is 4.66. The molecule has 0 radical (unpaired) electrons. The molecule has 2 aromatic carbocycles. The SMILES string of the molecule is CC(C)[C@H](NC(=O)c1cccc(S(=O)(=O)N2CCOCC2)c1)C(=O)N[C@H]1CCCc2ccccc21. The van der Waals surface area contributed by atoms with Crippen molar-refractivity contribution in [3.63, 3.8) is 0 Å². The van der Waals surface area contributed by atoms with Crippen LogP contribution >= 0.6 is 0 Å². The first-order valence-electron chi connectivity index (χ1n) is 12.1. The van der Waals surface area contributed by atoms with Crippen LogP contribution in [-0.4, -0.2) is 56.9 Å². The number of nitrogens with zero attached hydrogens (tertiary/aromatic N) is 1. The summed E-state index contributed by atoms with van der Waals surface area (Å²) in [4.78, 5) is 26.4. The molecule has 0 spiro atoms. The summed E-state index contributed by atoms with van der Waals surface area (Å²) in [5.41, 5.74) is 2.57. The van der Waals surface area contributed by atoms with E-state index in [1.54, 1.807) is 12.1 Å². The van der Waals surface area contributed by atoms with Crippen LogP contribution in [0.4, 0.5) is 0 Å². The predicted molar refractivity (Wildman–Crippen MR) is 132 cm³/mol. The second-order valence-corrected chi connectivity index (χ2v) is 11.3. The van der Waals surface area contributed by atoms with Crippen LogP contribution in [0.2, 0.25) is 0 Å². The highest BCUT2D eigenvalue weighted by atomic mass is 32.2. The van der Waals surface area contributed by atoms with Crippen molar-refractivity contribution in [2.45, 2.75) is 50.1 Å². The molecular weight excluding hydrogens is 466 g/mol. The van der Waals surface area contributed by atoms with Gasteiger partial charge in [0.05, 0.1) is 24.2 Å². The lowest BCUT2D eigenvalue weighted by Gasteiger charge is -2.29. The lowest BCUT2D eigenvalue weighted by molar-refractivity contribution is -0.124. The van der Waals surface area contributed by atoms with Gasteiger partial charge in [0.2, 0.25) is 15.9 Å². The number of hydrogen-bond donors (Lipinski definition) is 2. The Morgan fingerprint density at radius 3 is 2.54 bits per heavy atom. The molecule has 1 heterocycles. The van der Waals surface area contributed by atoms with E-state index in [-0.39, 0.29) is 41.4 Å². The van der Waals surface area contributed by atoms with Crippen molar-refractivity contribution in [1.82, 2.24) is 14.9 Å². The van der Waals surface area contributed by atoms with Gasteiger partial charge in [0.15, 0.2) is 0 Å². The zero-order valence-electron chi connectivity index (χ0n) is 20.2. The number of sulfonamides is 1. The van der Waals surface area contributed by atoms with Gasteiger partial charge < -0.3 is 15.4 Å². The number of nitrogens with one attached hydrogen (secondary N) is 2. The molecule has 0 unspecified atom stereocenters. The van der Waals surface area contributed by atoms with Gasteiger partial charge in [-0.05, 0) is 54.5 Å². The van der Waals surface area contributed by atoms with E-state index in [0.717, 1.165) is 24.8 Å². The van der Waals surface area contributed by atoms with Gasteiger partial charge in [-0.1, -0.05) is 44.2 Å². The molecule has 188 valence electrons. The summed E-state index contributed by atoms with van der Waals surface area (Å²) in [5, 5.41) is 5.95. The van der Waals surface area contributed by atoms with Crippen LogP contribution in [0.25, 0.3) is 0 Å². The summed E-state index contributed by atoms with van der Waals surface area (Å²) in [7, 11) is -3.73. The van der Waals surface area contributed by atoms with E-state index in [1.807, 2.05) is 32.0 Å². The van der Waals surface area contributed by atoms with Crippen LogP contribution in [0.5, 0.6) is 0 Å². The molecule has 2 atom stereocenters. The molecule has 2 N–H and O–H groups in total. The van der Waals surface area contributed by atoms with Crippen LogP contribution in [0.1, 0.15) is 54.2 Å². The van der Waals surface area contributed by atoms with Gasteiger partial charge in [0, 0.05) is 18.7 Å². The van der Waals surface area contributed by atoms with Crippen LogP contribution < -0.4 is 10.6 Å². The summed E-state index contributed by atoms with van der Waals surface area (Å²) in [6, 6.07) is 13.2. The van der Waals surface area contributed by atoms with E-state index < -0.39 is 22.0 Å². The van der Waals surface area contributed by atoms with E-state index in [9.17, 15) is 18.0 Å². The lowest BCUT2D eigenvalue weighted by atomic mass is 9.87. The van der Waals surface area contributed by atoms with Crippen molar-refractivity contribution in [3.8, 4) is 0 Å². The molecule has 9 heteroatoms. The quantitative estimate of drug-likeness (QED) is 0.610. The second-order valence-electron chi connectivity index (χ2n) is 9.39. The third-order valence-corrected chi connectivity index (χ3v) is 8.52. The molecule has 1 saturated heterocycles. The van der Waals surface area contributed by atoms with Crippen molar-refractivity contribution in [3.05, 3.63) is 65.2 Å². The van der Waals surface area contributed by atoms with Crippen molar-refractivity contribution in [2.75, 3.05) is 26.3 Å². The third-order valence-electron chi connectivity index (χ3n) is 6.63. The van der Waals surface area contributed by atoms with E-state index in [0.29, 0.717) is 13.2 Å². The minimum absolute atomic E-state index is 0.0522. The van der Waals surface area contributed by atoms with Gasteiger partial charge in [-0.3, -0.25) is 9.59 Å². The van der Waals surface area contributed by atoms with E-state index in [2.05, 4.69) is 16.7 Å². The fourth-order valence-corrected chi connectivity index (χ4v) is 6.11. The number of carbonyl (C=O) groups excluding carboxylic acids is 2.